The number of aliphatic hydroxyl groups is 1. The third kappa shape index (κ3) is 3.90. The first kappa shape index (κ1) is 22.7. The quantitative estimate of drug-likeness (QED) is 0.482. The van der Waals surface area contributed by atoms with Gasteiger partial charge in [0.15, 0.2) is 11.5 Å². The number of aromatic nitrogens is 2. The van der Waals surface area contributed by atoms with E-state index in [2.05, 4.69) is 20.6 Å². The van der Waals surface area contributed by atoms with E-state index in [9.17, 15) is 8.78 Å². The second-order valence-electron chi connectivity index (χ2n) is 8.63. The third-order valence-corrected chi connectivity index (χ3v) is 6.19. The van der Waals surface area contributed by atoms with Gasteiger partial charge in [-0.25, -0.2) is 14.4 Å². The van der Waals surface area contributed by atoms with Crippen LogP contribution in [0.4, 0.5) is 19.0 Å². The lowest BCUT2D eigenvalue weighted by Crippen LogP contribution is -2.50. The number of aryl methyl sites for hydroxylation is 1. The van der Waals surface area contributed by atoms with Gasteiger partial charge in [0.25, 0.3) is 5.92 Å². The predicted octanol–water partition coefficient (Wildman–Crippen LogP) is 3.62. The van der Waals surface area contributed by atoms with Crippen molar-refractivity contribution in [3.8, 4) is 11.5 Å². The van der Waals surface area contributed by atoms with Crippen LogP contribution in [0.15, 0.2) is 24.3 Å². The Bertz CT molecular complexity index is 1250. The van der Waals surface area contributed by atoms with Crippen LogP contribution in [0, 0.1) is 12.7 Å². The van der Waals surface area contributed by atoms with E-state index in [4.69, 9.17) is 14.6 Å². The van der Waals surface area contributed by atoms with Crippen molar-refractivity contribution in [1.29, 1.82) is 0 Å². The first-order valence-corrected chi connectivity index (χ1v) is 11.2. The molecule has 1 atom stereocenters. The molecule has 1 fully saturated rings. The second-order valence-corrected chi connectivity index (χ2v) is 8.63. The van der Waals surface area contributed by atoms with Gasteiger partial charge in [0.05, 0.1) is 23.7 Å². The van der Waals surface area contributed by atoms with Gasteiger partial charge in [0.1, 0.15) is 30.2 Å². The normalized spacial score (nSPS) is 16.6. The number of hydrogen-bond donors (Lipinski definition) is 3. The molecular formula is C24H25F3N4O3. The average Bonchev–Trinajstić information content (AvgIpc) is 3.27. The van der Waals surface area contributed by atoms with Gasteiger partial charge >= 0.3 is 0 Å². The first-order chi connectivity index (χ1) is 16.3. The number of aliphatic hydroxyl groups excluding tert-OH is 1. The molecule has 34 heavy (non-hydrogen) atoms. The van der Waals surface area contributed by atoms with E-state index in [-0.39, 0.29) is 11.7 Å². The van der Waals surface area contributed by atoms with Crippen LogP contribution < -0.4 is 20.1 Å². The monoisotopic (exact) mass is 474 g/mol. The summed E-state index contributed by atoms with van der Waals surface area (Å²) in [4.78, 5) is 9.14. The van der Waals surface area contributed by atoms with Gasteiger partial charge in [0, 0.05) is 36.0 Å². The Morgan fingerprint density at radius 2 is 2.12 bits per heavy atom. The zero-order valence-electron chi connectivity index (χ0n) is 18.8. The Labute approximate surface area is 194 Å². The van der Waals surface area contributed by atoms with Crippen LogP contribution in [0.2, 0.25) is 0 Å². The van der Waals surface area contributed by atoms with Gasteiger partial charge in [0.2, 0.25) is 0 Å². The van der Waals surface area contributed by atoms with Crippen molar-refractivity contribution in [1.82, 2.24) is 15.3 Å². The largest absolute Gasteiger partial charge is 0.489 e. The molecule has 0 saturated carbocycles. The molecular weight excluding hydrogens is 449 g/mol. The lowest BCUT2D eigenvalue weighted by atomic mass is 10.00. The van der Waals surface area contributed by atoms with E-state index in [1.165, 1.54) is 12.1 Å². The maximum absolute atomic E-state index is 15.0. The van der Waals surface area contributed by atoms with E-state index in [1.54, 1.807) is 13.8 Å². The average molecular weight is 474 g/mol. The fraction of sp³-hybridized carbons (Fsp3) is 0.417. The number of nitrogens with zero attached hydrogens (tertiary/aromatic N) is 2. The molecule has 0 amide bonds. The van der Waals surface area contributed by atoms with Crippen molar-refractivity contribution in [2.45, 2.75) is 38.3 Å². The van der Waals surface area contributed by atoms with Crippen LogP contribution in [0.25, 0.3) is 10.9 Å². The van der Waals surface area contributed by atoms with Crippen molar-refractivity contribution in [2.75, 3.05) is 31.6 Å². The Morgan fingerprint density at radius 3 is 2.82 bits per heavy atom. The molecule has 0 aliphatic carbocycles. The van der Waals surface area contributed by atoms with Gasteiger partial charge in [-0.15, -0.1) is 0 Å². The molecule has 180 valence electrons. The topological polar surface area (TPSA) is 88.5 Å². The molecule has 5 rings (SSSR count). The molecule has 3 N–H and O–H groups in total. The molecule has 7 nitrogen and oxygen atoms in total. The van der Waals surface area contributed by atoms with Gasteiger partial charge in [-0.1, -0.05) is 12.1 Å². The number of halogens is 3. The van der Waals surface area contributed by atoms with Crippen LogP contribution in [0.3, 0.4) is 0 Å². The number of benzene rings is 2. The highest BCUT2D eigenvalue weighted by Crippen LogP contribution is 2.43. The van der Waals surface area contributed by atoms with Crippen LogP contribution in [-0.4, -0.2) is 47.5 Å². The standard InChI is InChI=1S/C24H25F3N4O3/c1-12(15-4-3-5-18(20(15)25)24(26,27)11-32)29-23-17-8-19(34-14-9-28-10-14)22-16(6-7-33-22)21(17)30-13(2)31-23/h3-5,8,12,14,28,32H,6-7,9-11H2,1-2H3,(H,29,30,31). The van der Waals surface area contributed by atoms with E-state index < -0.39 is 30.0 Å². The molecule has 0 bridgehead atoms. The second kappa shape index (κ2) is 8.59. The fourth-order valence-electron chi connectivity index (χ4n) is 4.30. The molecule has 0 radical (unpaired) electrons. The molecule has 0 spiro atoms. The Kier molecular flexibility index (Phi) is 5.73. The highest BCUT2D eigenvalue weighted by Gasteiger charge is 2.35. The Morgan fingerprint density at radius 1 is 1.32 bits per heavy atom. The number of fused-ring (bicyclic) bond motifs is 3. The zero-order valence-corrected chi connectivity index (χ0v) is 18.8. The lowest BCUT2D eigenvalue weighted by Gasteiger charge is -2.28. The van der Waals surface area contributed by atoms with E-state index in [0.717, 1.165) is 30.2 Å². The zero-order chi connectivity index (χ0) is 24.0. The van der Waals surface area contributed by atoms with Crippen LogP contribution in [-0.2, 0) is 12.3 Å². The maximum atomic E-state index is 15.0. The molecule has 2 aliphatic rings. The summed E-state index contributed by atoms with van der Waals surface area (Å²) in [6.07, 6.45) is 0.710. The summed E-state index contributed by atoms with van der Waals surface area (Å²) >= 11 is 0. The van der Waals surface area contributed by atoms with Crippen LogP contribution >= 0.6 is 0 Å². The van der Waals surface area contributed by atoms with Crippen LogP contribution in [0.5, 0.6) is 11.5 Å². The number of rotatable bonds is 7. The van der Waals surface area contributed by atoms with Crippen molar-refractivity contribution in [2.24, 2.45) is 0 Å². The molecule has 3 aromatic rings. The van der Waals surface area contributed by atoms with Crippen LogP contribution in [0.1, 0.15) is 35.5 Å². The minimum Gasteiger partial charge on any atom is -0.489 e. The van der Waals surface area contributed by atoms with E-state index >= 15 is 4.39 Å². The number of nitrogens with one attached hydrogen (secondary N) is 2. The van der Waals surface area contributed by atoms with Gasteiger partial charge < -0.3 is 25.2 Å². The molecule has 2 aromatic carbocycles. The Hall–Kier alpha value is -3.11. The summed E-state index contributed by atoms with van der Waals surface area (Å²) in [5, 5.41) is 16.0. The van der Waals surface area contributed by atoms with Crippen molar-refractivity contribution in [3.63, 3.8) is 0 Å². The smallest absolute Gasteiger partial charge is 0.298 e. The number of ether oxygens (including phenoxy) is 2. The molecule has 1 saturated heterocycles. The lowest BCUT2D eigenvalue weighted by molar-refractivity contribution is -0.0583. The fourth-order valence-corrected chi connectivity index (χ4v) is 4.30. The number of alkyl halides is 2. The first-order valence-electron chi connectivity index (χ1n) is 11.2. The van der Waals surface area contributed by atoms with Gasteiger partial charge in [-0.3, -0.25) is 0 Å². The molecule has 1 aromatic heterocycles. The van der Waals surface area contributed by atoms with Crippen molar-refractivity contribution in [3.05, 3.63) is 52.6 Å². The highest BCUT2D eigenvalue weighted by atomic mass is 19.3. The van der Waals surface area contributed by atoms with Gasteiger partial charge in [-0.2, -0.15) is 8.78 Å². The maximum Gasteiger partial charge on any atom is 0.298 e. The van der Waals surface area contributed by atoms with Gasteiger partial charge in [-0.05, 0) is 26.0 Å². The molecule has 2 aliphatic heterocycles. The minimum atomic E-state index is -3.68. The summed E-state index contributed by atoms with van der Waals surface area (Å²) < 4.78 is 55.0. The minimum absolute atomic E-state index is 0.0385. The summed E-state index contributed by atoms with van der Waals surface area (Å²) in [7, 11) is 0. The number of hydrogen-bond acceptors (Lipinski definition) is 7. The Balaban J connectivity index is 1.55. The molecule has 1 unspecified atom stereocenters. The molecule has 10 heteroatoms. The van der Waals surface area contributed by atoms with Crippen molar-refractivity contribution < 1.29 is 27.8 Å². The predicted molar refractivity (Wildman–Crippen MR) is 120 cm³/mol. The third-order valence-electron chi connectivity index (χ3n) is 6.19. The summed E-state index contributed by atoms with van der Waals surface area (Å²) in [5.74, 6) is -2.50. The summed E-state index contributed by atoms with van der Waals surface area (Å²) in [5.41, 5.74) is 0.841. The van der Waals surface area contributed by atoms with E-state index in [0.29, 0.717) is 41.6 Å². The highest BCUT2D eigenvalue weighted by molar-refractivity contribution is 5.95. The number of anilines is 1. The van der Waals surface area contributed by atoms with E-state index in [1.807, 2.05) is 6.07 Å². The molecule has 3 heterocycles. The van der Waals surface area contributed by atoms with Crippen molar-refractivity contribution >= 4 is 16.7 Å². The SMILES string of the molecule is Cc1nc(NC(C)c2cccc(C(F)(F)CO)c2F)c2cc(OC3CNC3)c3c(c2n1)CCO3. The summed E-state index contributed by atoms with van der Waals surface area (Å²) in [6.45, 7) is 3.95. The summed E-state index contributed by atoms with van der Waals surface area (Å²) in [6, 6.07) is 4.88.